The number of aromatic nitrogens is 2. The molecule has 0 aliphatic heterocycles. The molecular formula is C14H17N3OS. The fourth-order valence-electron chi connectivity index (χ4n) is 2.82. The highest BCUT2D eigenvalue weighted by Crippen LogP contribution is 2.43. The van der Waals surface area contributed by atoms with Crippen molar-refractivity contribution in [3.8, 4) is 10.6 Å². The lowest BCUT2D eigenvalue weighted by molar-refractivity contribution is 0.1000. The Kier molecular flexibility index (Phi) is 2.93. The Hall–Kier alpha value is -1.62. The zero-order valence-corrected chi connectivity index (χ0v) is 12.0. The van der Waals surface area contributed by atoms with Gasteiger partial charge in [-0.1, -0.05) is 6.92 Å². The molecule has 0 unspecified atom stereocenters. The van der Waals surface area contributed by atoms with Crippen molar-refractivity contribution >= 4 is 17.2 Å². The number of nitrogens with two attached hydrogens (primary N) is 1. The Balaban J connectivity index is 2.31. The summed E-state index contributed by atoms with van der Waals surface area (Å²) in [4.78, 5) is 16.2. The minimum Gasteiger partial charge on any atom is -0.366 e. The maximum atomic E-state index is 11.8. The molecule has 0 aromatic carbocycles. The number of primary amides is 1. The summed E-state index contributed by atoms with van der Waals surface area (Å²) in [5.74, 6) is -0.350. The third kappa shape index (κ3) is 1.89. The fourth-order valence-corrected chi connectivity index (χ4v) is 3.53. The smallest absolute Gasteiger partial charge is 0.251 e. The van der Waals surface area contributed by atoms with Crippen LogP contribution in [0.3, 0.4) is 0 Å². The van der Waals surface area contributed by atoms with Crippen LogP contribution in [0.4, 0.5) is 0 Å². The van der Waals surface area contributed by atoms with Crippen LogP contribution in [-0.4, -0.2) is 15.5 Å². The number of carbonyl (C=O) groups is 1. The number of hydrogen-bond donors (Lipinski definition) is 1. The summed E-state index contributed by atoms with van der Waals surface area (Å²) in [5, 5.41) is 2.83. The summed E-state index contributed by atoms with van der Waals surface area (Å²) < 4.78 is 2.30. The minimum atomic E-state index is -0.350. The normalized spacial score (nSPS) is 14.8. The number of amides is 1. The standard InChI is InChI=1S/C14H17N3OS/c1-3-10-12(14-16-6-7-19-14)11(13(15)18)8(2)17(10)9-4-5-9/h6-7,9H,3-5H2,1-2H3,(H2,15,18). The SMILES string of the molecule is CCc1c(-c2nccs2)c(C(N)=O)c(C)n1C1CC1. The van der Waals surface area contributed by atoms with Crippen LogP contribution in [0.5, 0.6) is 0 Å². The van der Waals surface area contributed by atoms with Crippen molar-refractivity contribution in [1.82, 2.24) is 9.55 Å². The van der Waals surface area contributed by atoms with Gasteiger partial charge in [0.15, 0.2) is 0 Å². The zero-order chi connectivity index (χ0) is 13.6. The van der Waals surface area contributed by atoms with Crippen LogP contribution in [0.15, 0.2) is 11.6 Å². The van der Waals surface area contributed by atoms with Gasteiger partial charge in [-0.05, 0) is 26.2 Å². The molecular weight excluding hydrogens is 258 g/mol. The van der Waals surface area contributed by atoms with Crippen molar-refractivity contribution in [2.75, 3.05) is 0 Å². The molecule has 2 aromatic heterocycles. The van der Waals surface area contributed by atoms with E-state index in [0.29, 0.717) is 11.6 Å². The van der Waals surface area contributed by atoms with Gasteiger partial charge in [0.25, 0.3) is 5.91 Å². The average Bonchev–Trinajstić information content (AvgIpc) is 2.97. The summed E-state index contributed by atoms with van der Waals surface area (Å²) in [7, 11) is 0. The maximum absolute atomic E-state index is 11.8. The first-order chi connectivity index (χ1) is 9.15. The first kappa shape index (κ1) is 12.4. The molecule has 1 aliphatic carbocycles. The predicted molar refractivity (Wildman–Crippen MR) is 76.4 cm³/mol. The van der Waals surface area contributed by atoms with Crippen LogP contribution in [-0.2, 0) is 6.42 Å². The highest BCUT2D eigenvalue weighted by Gasteiger charge is 2.32. The molecule has 0 atom stereocenters. The van der Waals surface area contributed by atoms with E-state index in [1.54, 1.807) is 17.5 Å². The molecule has 2 N–H and O–H groups in total. The summed E-state index contributed by atoms with van der Waals surface area (Å²) in [5.41, 5.74) is 9.40. The molecule has 1 fully saturated rings. The molecule has 19 heavy (non-hydrogen) atoms. The van der Waals surface area contributed by atoms with Crippen molar-refractivity contribution in [3.05, 3.63) is 28.5 Å². The Morgan fingerprint density at radius 1 is 1.58 bits per heavy atom. The largest absolute Gasteiger partial charge is 0.366 e. The van der Waals surface area contributed by atoms with E-state index in [0.717, 1.165) is 22.7 Å². The van der Waals surface area contributed by atoms with Crippen molar-refractivity contribution in [2.45, 2.75) is 39.2 Å². The van der Waals surface area contributed by atoms with E-state index in [1.807, 2.05) is 12.3 Å². The molecule has 1 aliphatic rings. The topological polar surface area (TPSA) is 60.9 Å². The van der Waals surface area contributed by atoms with E-state index in [9.17, 15) is 4.79 Å². The number of carbonyl (C=O) groups excluding carboxylic acids is 1. The van der Waals surface area contributed by atoms with Gasteiger partial charge < -0.3 is 10.3 Å². The second-order valence-electron chi connectivity index (χ2n) is 4.94. The van der Waals surface area contributed by atoms with Gasteiger partial charge in [-0.2, -0.15) is 0 Å². The molecule has 0 radical (unpaired) electrons. The molecule has 4 nitrogen and oxygen atoms in total. The fraction of sp³-hybridized carbons (Fsp3) is 0.429. The van der Waals surface area contributed by atoms with Crippen LogP contribution in [0.25, 0.3) is 10.6 Å². The lowest BCUT2D eigenvalue weighted by atomic mass is 10.1. The predicted octanol–water partition coefficient (Wildman–Crippen LogP) is 2.92. The van der Waals surface area contributed by atoms with Gasteiger partial charge in [-0.25, -0.2) is 4.98 Å². The molecule has 5 heteroatoms. The molecule has 0 bridgehead atoms. The van der Waals surface area contributed by atoms with Gasteiger partial charge in [-0.15, -0.1) is 11.3 Å². The van der Waals surface area contributed by atoms with E-state index in [2.05, 4.69) is 16.5 Å². The summed E-state index contributed by atoms with van der Waals surface area (Å²) >= 11 is 1.56. The lowest BCUT2D eigenvalue weighted by Crippen LogP contribution is -2.13. The van der Waals surface area contributed by atoms with Crippen LogP contribution in [0.1, 0.15) is 47.6 Å². The molecule has 0 spiro atoms. The number of thiazole rings is 1. The van der Waals surface area contributed by atoms with Crippen molar-refractivity contribution in [3.63, 3.8) is 0 Å². The van der Waals surface area contributed by atoms with Crippen LogP contribution in [0, 0.1) is 6.92 Å². The number of hydrogen-bond acceptors (Lipinski definition) is 3. The Labute approximate surface area is 116 Å². The van der Waals surface area contributed by atoms with E-state index < -0.39 is 0 Å². The second kappa shape index (κ2) is 4.49. The molecule has 2 aromatic rings. The third-order valence-electron chi connectivity index (χ3n) is 3.69. The van der Waals surface area contributed by atoms with E-state index in [1.165, 1.54) is 18.5 Å². The molecule has 2 heterocycles. The van der Waals surface area contributed by atoms with Crippen LogP contribution >= 0.6 is 11.3 Å². The Morgan fingerprint density at radius 3 is 2.79 bits per heavy atom. The van der Waals surface area contributed by atoms with Gasteiger partial charge in [0.1, 0.15) is 5.01 Å². The van der Waals surface area contributed by atoms with Crippen molar-refractivity contribution < 1.29 is 4.79 Å². The number of rotatable bonds is 4. The van der Waals surface area contributed by atoms with Gasteiger partial charge in [0.05, 0.1) is 5.56 Å². The lowest BCUT2D eigenvalue weighted by Gasteiger charge is -2.09. The first-order valence-corrected chi connectivity index (χ1v) is 7.46. The van der Waals surface area contributed by atoms with Crippen molar-refractivity contribution in [1.29, 1.82) is 0 Å². The Bertz CT molecular complexity index is 624. The molecule has 1 amide bonds. The molecule has 1 saturated carbocycles. The first-order valence-electron chi connectivity index (χ1n) is 6.58. The highest BCUT2D eigenvalue weighted by atomic mass is 32.1. The maximum Gasteiger partial charge on any atom is 0.251 e. The Morgan fingerprint density at radius 2 is 2.32 bits per heavy atom. The summed E-state index contributed by atoms with van der Waals surface area (Å²) in [6.45, 7) is 4.12. The minimum absolute atomic E-state index is 0.350. The van der Waals surface area contributed by atoms with Gasteiger partial charge in [-0.3, -0.25) is 4.79 Å². The van der Waals surface area contributed by atoms with Gasteiger partial charge in [0.2, 0.25) is 0 Å². The number of nitrogens with zero attached hydrogens (tertiary/aromatic N) is 2. The van der Waals surface area contributed by atoms with Crippen LogP contribution < -0.4 is 5.73 Å². The zero-order valence-electron chi connectivity index (χ0n) is 11.1. The average molecular weight is 275 g/mol. The quantitative estimate of drug-likeness (QED) is 0.932. The summed E-state index contributed by atoms with van der Waals surface area (Å²) in [6.07, 6.45) is 5.05. The molecule has 100 valence electrons. The van der Waals surface area contributed by atoms with Crippen molar-refractivity contribution in [2.24, 2.45) is 5.73 Å². The highest BCUT2D eigenvalue weighted by molar-refractivity contribution is 7.13. The van der Waals surface area contributed by atoms with Crippen LogP contribution in [0.2, 0.25) is 0 Å². The molecule has 0 saturated heterocycles. The van der Waals surface area contributed by atoms with E-state index in [-0.39, 0.29) is 5.91 Å². The summed E-state index contributed by atoms with van der Waals surface area (Å²) in [6, 6.07) is 0.543. The van der Waals surface area contributed by atoms with E-state index >= 15 is 0 Å². The monoisotopic (exact) mass is 275 g/mol. The van der Waals surface area contributed by atoms with E-state index in [4.69, 9.17) is 5.73 Å². The molecule has 3 rings (SSSR count). The third-order valence-corrected chi connectivity index (χ3v) is 4.48. The second-order valence-corrected chi connectivity index (χ2v) is 5.83. The van der Waals surface area contributed by atoms with Gasteiger partial charge >= 0.3 is 0 Å². The van der Waals surface area contributed by atoms with Gasteiger partial charge in [0, 0.05) is 34.6 Å².